The van der Waals surface area contributed by atoms with Crippen molar-refractivity contribution in [2.75, 3.05) is 6.54 Å². The summed E-state index contributed by atoms with van der Waals surface area (Å²) in [7, 11) is 0. The SMILES string of the molecule is N/C(CCN(C(=O)C1CC2CCC1C2)C1CC1)=N/O. The Morgan fingerprint density at radius 1 is 1.26 bits per heavy atom. The first-order valence-corrected chi connectivity index (χ1v) is 7.46. The second-order valence-corrected chi connectivity index (χ2v) is 6.39. The van der Waals surface area contributed by atoms with E-state index in [1.54, 1.807) is 0 Å². The van der Waals surface area contributed by atoms with Gasteiger partial charge >= 0.3 is 0 Å². The summed E-state index contributed by atoms with van der Waals surface area (Å²) in [4.78, 5) is 14.7. The zero-order chi connectivity index (χ0) is 13.4. The van der Waals surface area contributed by atoms with Gasteiger partial charge in [-0.3, -0.25) is 4.79 Å². The van der Waals surface area contributed by atoms with Gasteiger partial charge in [0.15, 0.2) is 0 Å². The quantitative estimate of drug-likeness (QED) is 0.342. The summed E-state index contributed by atoms with van der Waals surface area (Å²) in [5.41, 5.74) is 5.52. The molecule has 5 nitrogen and oxygen atoms in total. The lowest BCUT2D eigenvalue weighted by Gasteiger charge is -2.29. The van der Waals surface area contributed by atoms with Crippen molar-refractivity contribution in [2.24, 2.45) is 28.6 Å². The van der Waals surface area contributed by atoms with E-state index in [1.807, 2.05) is 4.90 Å². The van der Waals surface area contributed by atoms with Crippen LogP contribution in [0.2, 0.25) is 0 Å². The fourth-order valence-corrected chi connectivity index (χ4v) is 3.90. The van der Waals surface area contributed by atoms with Gasteiger partial charge in [0, 0.05) is 24.9 Å². The molecule has 3 rings (SSSR count). The standard InChI is InChI=1S/C14H23N3O2/c15-13(16-19)5-6-17(11-3-4-11)14(18)12-8-9-1-2-10(12)7-9/h9-12,19H,1-8H2,(H2,15,16). The van der Waals surface area contributed by atoms with Crippen molar-refractivity contribution >= 4 is 11.7 Å². The molecule has 0 heterocycles. The predicted molar refractivity (Wildman–Crippen MR) is 71.7 cm³/mol. The summed E-state index contributed by atoms with van der Waals surface area (Å²) in [5, 5.41) is 11.6. The van der Waals surface area contributed by atoms with E-state index in [-0.39, 0.29) is 11.8 Å². The molecule has 3 saturated carbocycles. The van der Waals surface area contributed by atoms with Crippen LogP contribution in [-0.2, 0) is 4.79 Å². The minimum atomic E-state index is 0.214. The number of nitrogens with zero attached hydrogens (tertiary/aromatic N) is 2. The molecule has 0 radical (unpaired) electrons. The van der Waals surface area contributed by atoms with Gasteiger partial charge in [-0.2, -0.15) is 0 Å². The van der Waals surface area contributed by atoms with Crippen LogP contribution in [0.25, 0.3) is 0 Å². The second kappa shape index (κ2) is 5.02. The Morgan fingerprint density at radius 3 is 2.58 bits per heavy atom. The van der Waals surface area contributed by atoms with Crippen LogP contribution in [0.1, 0.15) is 44.9 Å². The van der Waals surface area contributed by atoms with E-state index in [0.717, 1.165) is 25.2 Å². The number of amides is 1. The number of rotatable bonds is 5. The maximum atomic E-state index is 12.7. The first-order valence-electron chi connectivity index (χ1n) is 7.46. The van der Waals surface area contributed by atoms with Gasteiger partial charge in [-0.05, 0) is 43.9 Å². The van der Waals surface area contributed by atoms with Gasteiger partial charge in [0.05, 0.1) is 0 Å². The molecular weight excluding hydrogens is 242 g/mol. The number of hydrogen-bond donors (Lipinski definition) is 2. The molecule has 3 unspecified atom stereocenters. The first kappa shape index (κ1) is 12.8. The van der Waals surface area contributed by atoms with E-state index in [4.69, 9.17) is 10.9 Å². The summed E-state index contributed by atoms with van der Waals surface area (Å²) in [6.07, 6.45) is 7.61. The lowest BCUT2D eigenvalue weighted by atomic mass is 9.87. The molecule has 2 bridgehead atoms. The normalized spacial score (nSPS) is 33.7. The molecule has 19 heavy (non-hydrogen) atoms. The Morgan fingerprint density at radius 2 is 2.05 bits per heavy atom. The number of nitrogens with two attached hydrogens (primary N) is 1. The van der Waals surface area contributed by atoms with Crippen LogP contribution in [-0.4, -0.2) is 34.4 Å². The molecule has 0 aliphatic heterocycles. The summed E-state index contributed by atoms with van der Waals surface area (Å²) in [6.45, 7) is 0.604. The van der Waals surface area contributed by atoms with Crippen molar-refractivity contribution in [3.8, 4) is 0 Å². The van der Waals surface area contributed by atoms with Gasteiger partial charge in [0.1, 0.15) is 5.84 Å². The highest BCUT2D eigenvalue weighted by Crippen LogP contribution is 2.49. The molecular formula is C14H23N3O2. The summed E-state index contributed by atoms with van der Waals surface area (Å²) >= 11 is 0. The number of oxime groups is 1. The van der Waals surface area contributed by atoms with Crippen molar-refractivity contribution in [3.63, 3.8) is 0 Å². The Hall–Kier alpha value is -1.26. The highest BCUT2D eigenvalue weighted by atomic mass is 16.4. The molecule has 3 aliphatic carbocycles. The van der Waals surface area contributed by atoms with Crippen LogP contribution in [0.3, 0.4) is 0 Å². The molecule has 3 aliphatic rings. The smallest absolute Gasteiger partial charge is 0.226 e. The van der Waals surface area contributed by atoms with Crippen LogP contribution in [0.15, 0.2) is 5.16 Å². The molecule has 0 saturated heterocycles. The number of hydrogen-bond acceptors (Lipinski definition) is 3. The Balaban J connectivity index is 1.61. The number of amidine groups is 1. The summed E-state index contributed by atoms with van der Waals surface area (Å²) in [6, 6.07) is 0.415. The zero-order valence-corrected chi connectivity index (χ0v) is 11.3. The molecule has 0 aromatic heterocycles. The second-order valence-electron chi connectivity index (χ2n) is 6.39. The van der Waals surface area contributed by atoms with Crippen molar-refractivity contribution in [1.29, 1.82) is 0 Å². The molecule has 5 heteroatoms. The maximum Gasteiger partial charge on any atom is 0.226 e. The average Bonchev–Trinajstić information content (AvgIpc) is 3.03. The molecule has 0 spiro atoms. The fraction of sp³-hybridized carbons (Fsp3) is 0.857. The molecule has 106 valence electrons. The number of fused-ring (bicyclic) bond motifs is 2. The van der Waals surface area contributed by atoms with Crippen molar-refractivity contribution in [1.82, 2.24) is 4.90 Å². The van der Waals surface area contributed by atoms with Gasteiger partial charge < -0.3 is 15.8 Å². The minimum absolute atomic E-state index is 0.214. The predicted octanol–water partition coefficient (Wildman–Crippen LogP) is 1.55. The topological polar surface area (TPSA) is 78.9 Å². The third-order valence-electron chi connectivity index (χ3n) is 5.06. The van der Waals surface area contributed by atoms with E-state index >= 15 is 0 Å². The first-order chi connectivity index (χ1) is 9.19. The van der Waals surface area contributed by atoms with Crippen LogP contribution in [0.4, 0.5) is 0 Å². The van der Waals surface area contributed by atoms with Crippen molar-refractivity contribution in [2.45, 2.75) is 51.0 Å². The third kappa shape index (κ3) is 2.55. The molecule has 0 aromatic rings. The van der Waals surface area contributed by atoms with Crippen LogP contribution in [0, 0.1) is 17.8 Å². The highest BCUT2D eigenvalue weighted by molar-refractivity contribution is 5.83. The lowest BCUT2D eigenvalue weighted by molar-refractivity contribution is -0.137. The van der Waals surface area contributed by atoms with E-state index in [2.05, 4.69) is 5.16 Å². The third-order valence-corrected chi connectivity index (χ3v) is 5.06. The number of carbonyl (C=O) groups is 1. The zero-order valence-electron chi connectivity index (χ0n) is 11.3. The molecule has 3 atom stereocenters. The maximum absolute atomic E-state index is 12.7. The Kier molecular flexibility index (Phi) is 3.37. The van der Waals surface area contributed by atoms with Crippen molar-refractivity contribution in [3.05, 3.63) is 0 Å². The van der Waals surface area contributed by atoms with Gasteiger partial charge in [0.2, 0.25) is 5.91 Å². The largest absolute Gasteiger partial charge is 0.409 e. The van der Waals surface area contributed by atoms with Crippen molar-refractivity contribution < 1.29 is 10.0 Å². The molecule has 3 fully saturated rings. The lowest BCUT2D eigenvalue weighted by Crippen LogP contribution is -2.41. The van der Waals surface area contributed by atoms with Gasteiger partial charge in [-0.1, -0.05) is 11.6 Å². The Bertz CT molecular complexity index is 392. The number of carbonyl (C=O) groups excluding carboxylic acids is 1. The van der Waals surface area contributed by atoms with Gasteiger partial charge in [-0.25, -0.2) is 0 Å². The van der Waals surface area contributed by atoms with Crippen LogP contribution in [0.5, 0.6) is 0 Å². The molecule has 1 amide bonds. The van der Waals surface area contributed by atoms with E-state index in [1.165, 1.54) is 19.3 Å². The van der Waals surface area contributed by atoms with Crippen LogP contribution >= 0.6 is 0 Å². The van der Waals surface area contributed by atoms with Gasteiger partial charge in [-0.15, -0.1) is 0 Å². The fourth-order valence-electron chi connectivity index (χ4n) is 3.90. The molecule has 3 N–H and O–H groups in total. The minimum Gasteiger partial charge on any atom is -0.409 e. The highest BCUT2D eigenvalue weighted by Gasteiger charge is 2.46. The van der Waals surface area contributed by atoms with E-state index < -0.39 is 0 Å². The molecule has 0 aromatic carbocycles. The van der Waals surface area contributed by atoms with E-state index in [9.17, 15) is 4.79 Å². The Labute approximate surface area is 113 Å². The van der Waals surface area contributed by atoms with Crippen LogP contribution < -0.4 is 5.73 Å². The van der Waals surface area contributed by atoms with Gasteiger partial charge in [0.25, 0.3) is 0 Å². The summed E-state index contributed by atoms with van der Waals surface area (Å²) in [5.74, 6) is 2.23. The average molecular weight is 265 g/mol. The monoisotopic (exact) mass is 265 g/mol. The van der Waals surface area contributed by atoms with E-state index in [0.29, 0.717) is 30.8 Å². The summed E-state index contributed by atoms with van der Waals surface area (Å²) < 4.78 is 0.